The van der Waals surface area contributed by atoms with Crippen LogP contribution in [0.5, 0.6) is 0 Å². The van der Waals surface area contributed by atoms with Gasteiger partial charge in [-0.1, -0.05) is 29.8 Å². The number of carbonyl (C=O) groups is 2. The van der Waals surface area contributed by atoms with Crippen molar-refractivity contribution in [2.24, 2.45) is 0 Å². The van der Waals surface area contributed by atoms with Crippen LogP contribution in [0.25, 0.3) is 0 Å². The fourth-order valence-electron chi connectivity index (χ4n) is 2.49. The molecule has 0 saturated heterocycles. The fourth-order valence-corrected chi connectivity index (χ4v) is 2.49. The Bertz CT molecular complexity index is 805. The zero-order valence-electron chi connectivity index (χ0n) is 14.6. The quantitative estimate of drug-likeness (QED) is 0.841. The van der Waals surface area contributed by atoms with E-state index in [1.807, 2.05) is 31.2 Å². The van der Waals surface area contributed by atoms with Crippen molar-refractivity contribution in [1.29, 1.82) is 0 Å². The van der Waals surface area contributed by atoms with Gasteiger partial charge in [-0.25, -0.2) is 15.0 Å². The van der Waals surface area contributed by atoms with Crippen molar-refractivity contribution in [2.75, 3.05) is 5.43 Å². The number of nitrogens with zero attached hydrogens (tertiary/aromatic N) is 3. The third-order valence-corrected chi connectivity index (χ3v) is 3.63. The molecule has 2 heterocycles. The van der Waals surface area contributed by atoms with Crippen LogP contribution in [0.3, 0.4) is 0 Å². The first-order valence-electron chi connectivity index (χ1n) is 7.95. The van der Waals surface area contributed by atoms with Crippen molar-refractivity contribution < 1.29 is 19.1 Å². The van der Waals surface area contributed by atoms with E-state index in [4.69, 9.17) is 9.47 Å². The van der Waals surface area contributed by atoms with Crippen LogP contribution in [0.4, 0.5) is 4.79 Å². The average molecular weight is 344 g/mol. The summed E-state index contributed by atoms with van der Waals surface area (Å²) in [6.07, 6.45) is -0.781. The molecule has 132 valence electrons. The van der Waals surface area contributed by atoms with Gasteiger partial charge in [0.25, 0.3) is 0 Å². The molecule has 8 nitrogen and oxygen atoms in total. The zero-order valence-corrected chi connectivity index (χ0v) is 14.6. The largest absolute Gasteiger partial charge is 0.452 e. The van der Waals surface area contributed by atoms with Gasteiger partial charge < -0.3 is 9.47 Å². The normalized spacial score (nSPS) is 16.8. The maximum Gasteiger partial charge on any atom is 0.428 e. The Kier molecular flexibility index (Phi) is 4.20. The van der Waals surface area contributed by atoms with Gasteiger partial charge in [-0.2, -0.15) is 4.79 Å². The maximum absolute atomic E-state index is 12.2. The number of hydrogen-bond acceptors (Lipinski definition) is 6. The summed E-state index contributed by atoms with van der Waals surface area (Å²) >= 11 is 0. The van der Waals surface area contributed by atoms with E-state index in [9.17, 15) is 9.59 Å². The summed E-state index contributed by atoms with van der Waals surface area (Å²) in [7, 11) is 0. The number of fused-ring (bicyclic) bond motifs is 1. The summed E-state index contributed by atoms with van der Waals surface area (Å²) in [6.45, 7) is 7.26. The third-order valence-electron chi connectivity index (χ3n) is 3.63. The Balaban J connectivity index is 1.82. The van der Waals surface area contributed by atoms with Gasteiger partial charge in [0.2, 0.25) is 0 Å². The minimum Gasteiger partial charge on any atom is -0.452 e. The van der Waals surface area contributed by atoms with Gasteiger partial charge in [0.15, 0.2) is 5.69 Å². The van der Waals surface area contributed by atoms with Crippen LogP contribution in [-0.4, -0.2) is 32.8 Å². The first kappa shape index (κ1) is 16.9. The van der Waals surface area contributed by atoms with Crippen molar-refractivity contribution in [3.63, 3.8) is 0 Å². The fraction of sp³-hybridized carbons (Fsp3) is 0.412. The smallest absolute Gasteiger partial charge is 0.428 e. The summed E-state index contributed by atoms with van der Waals surface area (Å²) in [5, 5.41) is 7.61. The number of aryl methyl sites for hydroxylation is 1. The standard InChI is InChI=1S/C17H20N4O4/c1-10-5-7-11(8-6-10)13-9-12-14(15(22)24-13)18-20-21(12)19-16(23)25-17(2,3)4/h5-8,13H,9H2,1-4H3,(H,19,23). The summed E-state index contributed by atoms with van der Waals surface area (Å²) in [5.74, 6) is -0.566. The molecule has 0 bridgehead atoms. The Morgan fingerprint density at radius 3 is 2.64 bits per heavy atom. The summed E-state index contributed by atoms with van der Waals surface area (Å²) in [5.41, 5.74) is 4.40. The Labute approximate surface area is 145 Å². The van der Waals surface area contributed by atoms with Crippen LogP contribution >= 0.6 is 0 Å². The molecule has 8 heteroatoms. The molecule has 0 spiro atoms. The second kappa shape index (κ2) is 6.19. The molecule has 1 aromatic heterocycles. The van der Waals surface area contributed by atoms with Gasteiger partial charge in [-0.15, -0.1) is 5.10 Å². The van der Waals surface area contributed by atoms with Crippen LogP contribution in [-0.2, 0) is 15.9 Å². The highest BCUT2D eigenvalue weighted by atomic mass is 16.6. The Morgan fingerprint density at radius 1 is 1.32 bits per heavy atom. The molecule has 0 aliphatic carbocycles. The summed E-state index contributed by atoms with van der Waals surface area (Å²) in [6, 6.07) is 7.72. The number of ether oxygens (including phenoxy) is 2. The van der Waals surface area contributed by atoms with Crippen LogP contribution in [0.2, 0.25) is 0 Å². The molecule has 1 aromatic carbocycles. The summed E-state index contributed by atoms with van der Waals surface area (Å²) < 4.78 is 10.6. The lowest BCUT2D eigenvalue weighted by Gasteiger charge is -2.23. The highest BCUT2D eigenvalue weighted by Gasteiger charge is 2.33. The molecule has 1 amide bonds. The van der Waals surface area contributed by atoms with Crippen LogP contribution in [0.1, 0.15) is 54.2 Å². The number of nitrogens with one attached hydrogen (secondary N) is 1. The van der Waals surface area contributed by atoms with E-state index in [0.29, 0.717) is 12.1 Å². The topological polar surface area (TPSA) is 95.3 Å². The highest BCUT2D eigenvalue weighted by Crippen LogP contribution is 2.29. The molecule has 1 N–H and O–H groups in total. The molecule has 2 aromatic rings. The summed E-state index contributed by atoms with van der Waals surface area (Å²) in [4.78, 5) is 25.3. The van der Waals surface area contributed by atoms with Crippen molar-refractivity contribution >= 4 is 12.1 Å². The van der Waals surface area contributed by atoms with Crippen LogP contribution in [0.15, 0.2) is 24.3 Å². The van der Waals surface area contributed by atoms with Crippen LogP contribution < -0.4 is 5.43 Å². The molecule has 1 unspecified atom stereocenters. The number of benzene rings is 1. The van der Waals surface area contributed by atoms with Gasteiger partial charge in [0.05, 0.1) is 0 Å². The molecular formula is C17H20N4O4. The lowest BCUT2D eigenvalue weighted by molar-refractivity contribution is 0.0238. The lowest BCUT2D eigenvalue weighted by Crippen LogP contribution is -2.34. The number of carbonyl (C=O) groups excluding carboxylic acids is 2. The van der Waals surface area contributed by atoms with E-state index in [-0.39, 0.29) is 5.69 Å². The zero-order chi connectivity index (χ0) is 18.2. The maximum atomic E-state index is 12.2. The monoisotopic (exact) mass is 344 g/mol. The van der Waals surface area contributed by atoms with Gasteiger partial charge in [0, 0.05) is 6.42 Å². The third kappa shape index (κ3) is 3.78. The molecule has 25 heavy (non-hydrogen) atoms. The van der Waals surface area contributed by atoms with Crippen molar-refractivity contribution in [1.82, 2.24) is 15.1 Å². The Morgan fingerprint density at radius 2 is 2.00 bits per heavy atom. The number of aromatic nitrogens is 3. The average Bonchev–Trinajstić information content (AvgIpc) is 2.89. The van der Waals surface area contributed by atoms with E-state index in [2.05, 4.69) is 15.7 Å². The molecule has 0 fully saturated rings. The van der Waals surface area contributed by atoms with Crippen molar-refractivity contribution in [2.45, 2.75) is 45.8 Å². The first-order chi connectivity index (χ1) is 11.7. The Hall–Kier alpha value is -2.90. The predicted molar refractivity (Wildman–Crippen MR) is 88.7 cm³/mol. The molecular weight excluding hydrogens is 324 g/mol. The first-order valence-corrected chi connectivity index (χ1v) is 7.95. The molecule has 1 aliphatic heterocycles. The van der Waals surface area contributed by atoms with Crippen LogP contribution in [0, 0.1) is 6.92 Å². The van der Waals surface area contributed by atoms with E-state index >= 15 is 0 Å². The SMILES string of the molecule is Cc1ccc(C2Cc3c(nnn3NC(=O)OC(C)(C)C)C(=O)O2)cc1. The van der Waals surface area contributed by atoms with E-state index < -0.39 is 23.8 Å². The number of amides is 1. The molecule has 1 aliphatic rings. The minimum atomic E-state index is -0.675. The van der Waals surface area contributed by atoms with Gasteiger partial charge in [-0.3, -0.25) is 0 Å². The lowest BCUT2D eigenvalue weighted by atomic mass is 10.0. The van der Waals surface area contributed by atoms with Crippen molar-refractivity contribution in [3.8, 4) is 0 Å². The molecule has 3 rings (SSSR count). The highest BCUT2D eigenvalue weighted by molar-refractivity contribution is 5.89. The number of hydrogen-bond donors (Lipinski definition) is 1. The van der Waals surface area contributed by atoms with Gasteiger partial charge in [-0.05, 0) is 38.5 Å². The number of cyclic esters (lactones) is 1. The number of rotatable bonds is 2. The second-order valence-electron chi connectivity index (χ2n) is 6.92. The molecule has 1 atom stereocenters. The van der Waals surface area contributed by atoms with Gasteiger partial charge >= 0.3 is 12.1 Å². The van der Waals surface area contributed by atoms with Gasteiger partial charge in [0.1, 0.15) is 17.4 Å². The minimum absolute atomic E-state index is 0.0967. The van der Waals surface area contributed by atoms with E-state index in [0.717, 1.165) is 11.1 Å². The van der Waals surface area contributed by atoms with E-state index in [1.54, 1.807) is 20.8 Å². The molecule has 0 saturated carbocycles. The van der Waals surface area contributed by atoms with Crippen molar-refractivity contribution in [3.05, 3.63) is 46.8 Å². The molecule has 0 radical (unpaired) electrons. The number of esters is 1. The second-order valence-corrected chi connectivity index (χ2v) is 6.92. The van der Waals surface area contributed by atoms with E-state index in [1.165, 1.54) is 4.79 Å². The predicted octanol–water partition coefficient (Wildman–Crippen LogP) is 2.52.